The summed E-state index contributed by atoms with van der Waals surface area (Å²) in [5.74, 6) is -0.539. The van der Waals surface area contributed by atoms with Crippen LogP contribution in [0.3, 0.4) is 0 Å². The van der Waals surface area contributed by atoms with E-state index in [-0.39, 0.29) is 11.8 Å². The van der Waals surface area contributed by atoms with Gasteiger partial charge in [-0.05, 0) is 49.6 Å². The first-order chi connectivity index (χ1) is 14.5. The van der Waals surface area contributed by atoms with E-state index >= 15 is 0 Å². The summed E-state index contributed by atoms with van der Waals surface area (Å²) in [6.45, 7) is 4.68. The van der Waals surface area contributed by atoms with E-state index in [1.54, 1.807) is 0 Å². The van der Waals surface area contributed by atoms with E-state index < -0.39 is 0 Å². The molecule has 0 aromatic heterocycles. The van der Waals surface area contributed by atoms with Crippen molar-refractivity contribution in [2.45, 2.75) is 20.3 Å². The van der Waals surface area contributed by atoms with Gasteiger partial charge in [0.05, 0.1) is 11.3 Å². The van der Waals surface area contributed by atoms with E-state index in [4.69, 9.17) is 0 Å². The lowest BCUT2D eigenvalue weighted by molar-refractivity contribution is -0.120. The van der Waals surface area contributed by atoms with Crippen molar-refractivity contribution in [3.63, 3.8) is 0 Å². The van der Waals surface area contributed by atoms with Crippen molar-refractivity contribution in [2.75, 3.05) is 16.3 Å². The van der Waals surface area contributed by atoms with Crippen LogP contribution < -0.4 is 9.80 Å². The zero-order valence-corrected chi connectivity index (χ0v) is 17.1. The molecule has 30 heavy (non-hydrogen) atoms. The second-order valence-corrected chi connectivity index (χ2v) is 7.90. The molecule has 0 atom stereocenters. The van der Waals surface area contributed by atoms with Crippen molar-refractivity contribution in [3.05, 3.63) is 101 Å². The van der Waals surface area contributed by atoms with E-state index in [0.29, 0.717) is 23.5 Å². The highest BCUT2D eigenvalue weighted by molar-refractivity contribution is 6.46. The molecule has 0 saturated heterocycles. The molecule has 148 valence electrons. The summed E-state index contributed by atoms with van der Waals surface area (Å²) < 4.78 is 0. The van der Waals surface area contributed by atoms with E-state index in [9.17, 15) is 9.59 Å². The molecule has 3 aromatic rings. The normalized spacial score (nSPS) is 15.9. The number of carbonyl (C=O) groups excluding carboxylic acids is 2. The topological polar surface area (TPSA) is 40.6 Å². The van der Waals surface area contributed by atoms with Gasteiger partial charge in [0.25, 0.3) is 11.8 Å². The monoisotopic (exact) mass is 394 g/mol. The second kappa shape index (κ2) is 6.99. The third-order valence-corrected chi connectivity index (χ3v) is 5.85. The molecular weight excluding hydrogens is 372 g/mol. The Bertz CT molecular complexity index is 1190. The summed E-state index contributed by atoms with van der Waals surface area (Å²) in [5.41, 5.74) is 6.70. The zero-order chi connectivity index (χ0) is 20.8. The molecule has 0 bridgehead atoms. The summed E-state index contributed by atoms with van der Waals surface area (Å²) in [6, 6.07) is 23.4. The Morgan fingerprint density at radius 1 is 0.733 bits per heavy atom. The quantitative estimate of drug-likeness (QED) is 0.607. The van der Waals surface area contributed by atoms with Gasteiger partial charge in [-0.1, -0.05) is 65.7 Å². The van der Waals surface area contributed by atoms with Gasteiger partial charge in [-0.15, -0.1) is 0 Å². The number of nitrogens with zero attached hydrogens (tertiary/aromatic N) is 2. The molecule has 3 aromatic carbocycles. The summed E-state index contributed by atoms with van der Waals surface area (Å²) in [7, 11) is 0. The molecule has 0 spiro atoms. The minimum atomic E-state index is -0.271. The molecular formula is C26H22N2O2. The first-order valence-corrected chi connectivity index (χ1v) is 10.2. The van der Waals surface area contributed by atoms with Crippen LogP contribution in [-0.4, -0.2) is 18.4 Å². The zero-order valence-electron chi connectivity index (χ0n) is 17.1. The van der Waals surface area contributed by atoms with Gasteiger partial charge in [0.1, 0.15) is 5.70 Å². The molecule has 2 heterocycles. The van der Waals surface area contributed by atoms with Crippen molar-refractivity contribution in [3.8, 4) is 0 Å². The maximum absolute atomic E-state index is 13.7. The molecule has 0 fully saturated rings. The molecule has 5 rings (SSSR count). The number of para-hydroxylation sites is 1. The number of imide groups is 1. The summed E-state index contributed by atoms with van der Waals surface area (Å²) in [5, 5.41) is 0. The molecule has 0 radical (unpaired) electrons. The predicted molar refractivity (Wildman–Crippen MR) is 119 cm³/mol. The van der Waals surface area contributed by atoms with Crippen LogP contribution in [0.4, 0.5) is 11.4 Å². The fourth-order valence-corrected chi connectivity index (χ4v) is 4.25. The maximum atomic E-state index is 13.7. The van der Waals surface area contributed by atoms with Crippen molar-refractivity contribution >= 4 is 28.8 Å². The fraction of sp³-hybridized carbons (Fsp3) is 0.154. The summed E-state index contributed by atoms with van der Waals surface area (Å²) in [6.07, 6.45) is 0.854. The molecule has 2 aliphatic heterocycles. The van der Waals surface area contributed by atoms with Crippen LogP contribution in [0.1, 0.15) is 22.3 Å². The van der Waals surface area contributed by atoms with Crippen LogP contribution in [0.15, 0.2) is 78.5 Å². The van der Waals surface area contributed by atoms with Crippen molar-refractivity contribution in [1.82, 2.24) is 0 Å². The Balaban J connectivity index is 1.68. The highest BCUT2D eigenvalue weighted by atomic mass is 16.2. The number of aryl methyl sites for hydroxylation is 2. The van der Waals surface area contributed by atoms with Gasteiger partial charge < -0.3 is 4.90 Å². The summed E-state index contributed by atoms with van der Waals surface area (Å²) >= 11 is 0. The number of benzene rings is 3. The van der Waals surface area contributed by atoms with Gasteiger partial charge >= 0.3 is 0 Å². The largest absolute Gasteiger partial charge is 0.336 e. The summed E-state index contributed by atoms with van der Waals surface area (Å²) in [4.78, 5) is 30.6. The number of fused-ring (bicyclic) bond motifs is 1. The molecule has 2 amide bonds. The van der Waals surface area contributed by atoms with E-state index in [1.807, 2.05) is 85.5 Å². The number of hydrogen-bond donors (Lipinski definition) is 0. The Morgan fingerprint density at radius 2 is 1.37 bits per heavy atom. The third-order valence-electron chi connectivity index (χ3n) is 5.85. The van der Waals surface area contributed by atoms with Gasteiger partial charge in [-0.2, -0.15) is 0 Å². The Kier molecular flexibility index (Phi) is 4.28. The highest BCUT2D eigenvalue weighted by Gasteiger charge is 2.43. The standard InChI is InChI=1S/C26H22N2O2/c1-17-7-11-20(12-8-17)23-24(27-16-15-19-5-3-4-6-22(19)27)26(30)28(25(23)29)21-13-9-18(2)10-14-21/h3-14H,15-16H2,1-2H3. The van der Waals surface area contributed by atoms with Gasteiger partial charge in [0.15, 0.2) is 0 Å². The average Bonchev–Trinajstić information content (AvgIpc) is 3.28. The first kappa shape index (κ1) is 18.4. The van der Waals surface area contributed by atoms with E-state index in [2.05, 4.69) is 6.07 Å². The lowest BCUT2D eigenvalue weighted by Gasteiger charge is -2.22. The Morgan fingerprint density at radius 3 is 2.07 bits per heavy atom. The second-order valence-electron chi connectivity index (χ2n) is 7.90. The van der Waals surface area contributed by atoms with Crippen LogP contribution in [0.25, 0.3) is 5.57 Å². The van der Waals surface area contributed by atoms with Crippen molar-refractivity contribution < 1.29 is 9.59 Å². The Hall–Kier alpha value is -3.66. The molecule has 0 N–H and O–H groups in total. The van der Waals surface area contributed by atoms with Crippen LogP contribution in [-0.2, 0) is 16.0 Å². The Labute approximate surface area is 176 Å². The molecule has 0 saturated carbocycles. The fourth-order valence-electron chi connectivity index (χ4n) is 4.25. The number of rotatable bonds is 3. The minimum Gasteiger partial charge on any atom is -0.336 e. The number of carbonyl (C=O) groups is 2. The maximum Gasteiger partial charge on any atom is 0.282 e. The number of anilines is 2. The minimum absolute atomic E-state index is 0.267. The lowest BCUT2D eigenvalue weighted by atomic mass is 10.0. The number of hydrogen-bond acceptors (Lipinski definition) is 3. The van der Waals surface area contributed by atoms with Crippen LogP contribution >= 0.6 is 0 Å². The SMILES string of the molecule is Cc1ccc(C2=C(N3CCc4ccccc43)C(=O)N(c3ccc(C)cc3)C2=O)cc1. The number of amides is 2. The van der Waals surface area contributed by atoms with Crippen molar-refractivity contribution in [2.24, 2.45) is 0 Å². The predicted octanol–water partition coefficient (Wildman–Crippen LogP) is 4.65. The van der Waals surface area contributed by atoms with E-state index in [1.165, 1.54) is 10.5 Å². The molecule has 0 aliphatic carbocycles. The van der Waals surface area contributed by atoms with Crippen molar-refractivity contribution in [1.29, 1.82) is 0 Å². The first-order valence-electron chi connectivity index (χ1n) is 10.2. The van der Waals surface area contributed by atoms with Crippen LogP contribution in [0.2, 0.25) is 0 Å². The van der Waals surface area contributed by atoms with Crippen LogP contribution in [0.5, 0.6) is 0 Å². The highest BCUT2D eigenvalue weighted by Crippen LogP contribution is 2.40. The van der Waals surface area contributed by atoms with Crippen LogP contribution in [0, 0.1) is 13.8 Å². The molecule has 0 unspecified atom stereocenters. The smallest absolute Gasteiger partial charge is 0.282 e. The van der Waals surface area contributed by atoms with Gasteiger partial charge in [-0.3, -0.25) is 9.59 Å². The molecule has 2 aliphatic rings. The van der Waals surface area contributed by atoms with E-state index in [0.717, 1.165) is 28.8 Å². The third kappa shape index (κ3) is 2.84. The molecule has 4 nitrogen and oxygen atoms in total. The van der Waals surface area contributed by atoms with Gasteiger partial charge in [0, 0.05) is 12.2 Å². The lowest BCUT2D eigenvalue weighted by Crippen LogP contribution is -2.34. The van der Waals surface area contributed by atoms with Gasteiger partial charge in [-0.25, -0.2) is 4.90 Å². The molecule has 4 heteroatoms. The average molecular weight is 394 g/mol. The van der Waals surface area contributed by atoms with Gasteiger partial charge in [0.2, 0.25) is 0 Å².